The zero-order chi connectivity index (χ0) is 38.9. The van der Waals surface area contributed by atoms with Gasteiger partial charge in [-0.1, -0.05) is 211 Å². The lowest BCUT2D eigenvalue weighted by Gasteiger charge is -2.02. The van der Waals surface area contributed by atoms with E-state index in [9.17, 15) is 4.79 Å². The van der Waals surface area contributed by atoms with Gasteiger partial charge in [0.15, 0.2) is 5.78 Å². The van der Waals surface area contributed by atoms with E-state index in [0.717, 1.165) is 18.6 Å². The first-order valence-corrected chi connectivity index (χ1v) is 20.7. The van der Waals surface area contributed by atoms with Crippen LogP contribution in [-0.2, 0) is 18.6 Å². The molecule has 8 aromatic carbocycles. The predicted molar refractivity (Wildman–Crippen MR) is 241 cm³/mol. The minimum atomic E-state index is -0.0406. The van der Waals surface area contributed by atoms with Gasteiger partial charge in [-0.3, -0.25) is 4.79 Å². The van der Waals surface area contributed by atoms with Crippen LogP contribution in [0.25, 0.3) is 0 Å². The van der Waals surface area contributed by atoms with Gasteiger partial charge in [-0.2, -0.15) is 0 Å². The lowest BCUT2D eigenvalue weighted by molar-refractivity contribution is 0.103. The van der Waals surface area contributed by atoms with E-state index in [1.807, 2.05) is 60.3 Å². The molecule has 8 aromatic rings. The summed E-state index contributed by atoms with van der Waals surface area (Å²) < 4.78 is 0. The fourth-order valence-electron chi connectivity index (χ4n) is 5.34. The molecule has 0 aliphatic rings. The second kappa shape index (κ2) is 24.8. The molecule has 0 aromatic heterocycles. The zero-order valence-electron chi connectivity index (χ0n) is 31.2. The summed E-state index contributed by atoms with van der Waals surface area (Å²) in [6, 6.07) is 79.3. The van der Waals surface area contributed by atoms with Crippen molar-refractivity contribution in [3.8, 4) is 0 Å². The van der Waals surface area contributed by atoms with Gasteiger partial charge in [0.05, 0.1) is 5.02 Å². The molecule has 8 rings (SSSR count). The maximum Gasteiger partial charge on any atom is 0.194 e. The fourth-order valence-corrected chi connectivity index (χ4v) is 7.29. The van der Waals surface area contributed by atoms with E-state index in [2.05, 4.69) is 164 Å². The summed E-state index contributed by atoms with van der Waals surface area (Å²) in [5.41, 5.74) is 5.41. The number of thioether (sulfide) groups is 1. The van der Waals surface area contributed by atoms with Crippen molar-refractivity contribution >= 4 is 40.9 Å². The van der Waals surface area contributed by atoms with Crippen molar-refractivity contribution < 1.29 is 4.79 Å². The number of halogens is 1. The van der Waals surface area contributed by atoms with Gasteiger partial charge >= 0.3 is 0 Å². The molecule has 0 radical (unpaired) electrons. The third-order valence-electron chi connectivity index (χ3n) is 8.26. The lowest BCUT2D eigenvalue weighted by atomic mass is 10.0. The zero-order valence-corrected chi connectivity index (χ0v) is 33.6. The van der Waals surface area contributed by atoms with E-state index in [-0.39, 0.29) is 5.78 Å². The summed E-state index contributed by atoms with van der Waals surface area (Å²) in [6.45, 7) is 0. The summed E-state index contributed by atoms with van der Waals surface area (Å²) >= 11 is 9.61. The monoisotopic (exact) mass is 784 g/mol. The molecule has 0 aliphatic carbocycles. The van der Waals surface area contributed by atoms with Gasteiger partial charge in [0.2, 0.25) is 0 Å². The Morgan fingerprint density at radius 2 is 0.714 bits per heavy atom. The quantitative estimate of drug-likeness (QED) is 0.102. The number of ketones is 1. The van der Waals surface area contributed by atoms with Crippen LogP contribution >= 0.6 is 35.1 Å². The summed E-state index contributed by atoms with van der Waals surface area (Å²) in [7, 11) is 0. The molecule has 0 spiro atoms. The van der Waals surface area contributed by atoms with Crippen LogP contribution in [0.4, 0.5) is 0 Å². The van der Waals surface area contributed by atoms with E-state index in [1.54, 1.807) is 36.0 Å². The number of carbonyl (C=O) groups is 1. The number of rotatable bonds is 10. The van der Waals surface area contributed by atoms with Gasteiger partial charge < -0.3 is 0 Å². The summed E-state index contributed by atoms with van der Waals surface area (Å²) in [6.07, 6.45) is 2.26. The fraction of sp³-hybridized carbons (Fsp3) is 0.0577. The van der Waals surface area contributed by atoms with Crippen LogP contribution in [0.5, 0.6) is 0 Å². The van der Waals surface area contributed by atoms with E-state index < -0.39 is 0 Å². The second-order valence-electron chi connectivity index (χ2n) is 12.5. The van der Waals surface area contributed by atoms with Crippen LogP contribution in [0.1, 0.15) is 32.6 Å². The third-order valence-corrected chi connectivity index (χ3v) is 10.7. The van der Waals surface area contributed by atoms with Crippen LogP contribution in [0, 0.1) is 0 Å². The highest BCUT2D eigenvalue weighted by Crippen LogP contribution is 2.26. The smallest absolute Gasteiger partial charge is 0.194 e. The lowest BCUT2D eigenvalue weighted by Crippen LogP contribution is -2.01. The largest absolute Gasteiger partial charge is 0.289 e. The Labute approximate surface area is 346 Å². The van der Waals surface area contributed by atoms with Crippen LogP contribution in [-0.4, -0.2) is 5.78 Å². The van der Waals surface area contributed by atoms with Crippen molar-refractivity contribution in [1.82, 2.24) is 0 Å². The predicted octanol–water partition coefficient (Wildman–Crippen LogP) is 14.9. The van der Waals surface area contributed by atoms with E-state index >= 15 is 0 Å². The number of hydrogen-bond acceptors (Lipinski definition) is 3. The molecule has 0 amide bonds. The van der Waals surface area contributed by atoms with Crippen LogP contribution in [0.3, 0.4) is 0 Å². The second-order valence-corrected chi connectivity index (χ2v) is 15.1. The highest BCUT2D eigenvalue weighted by atomic mass is 35.5. The average molecular weight is 786 g/mol. The molecule has 0 bridgehead atoms. The van der Waals surface area contributed by atoms with Crippen LogP contribution in [0.15, 0.2) is 251 Å². The molecule has 0 N–H and O–H groups in total. The van der Waals surface area contributed by atoms with E-state index in [4.69, 9.17) is 11.6 Å². The molecule has 1 nitrogen and oxygen atoms in total. The Balaban J connectivity index is 0.000000143. The van der Waals surface area contributed by atoms with Crippen molar-refractivity contribution in [2.75, 3.05) is 0 Å². The molecule has 0 atom stereocenters. The molecule has 0 aliphatic heterocycles. The molecule has 0 saturated carbocycles. The molecule has 0 saturated heterocycles. The molecule has 56 heavy (non-hydrogen) atoms. The van der Waals surface area contributed by atoms with Gasteiger partial charge in [-0.25, -0.2) is 0 Å². The molecule has 0 heterocycles. The first-order valence-electron chi connectivity index (χ1n) is 18.6. The topological polar surface area (TPSA) is 17.1 Å². The first kappa shape index (κ1) is 41.6. The first-order chi connectivity index (χ1) is 27.6. The van der Waals surface area contributed by atoms with Gasteiger partial charge in [0.25, 0.3) is 0 Å². The standard InChI is InChI=1S/C14H14.C13H9ClO.C13H12S.C12H10S/c1-3-7-13(8-4-1)11-12-14-9-5-2-6-10-14;14-12-9-5-4-8-11(12)13(15)10-6-2-1-3-7-10;1-3-7-12(8-4-1)11-14-13-9-5-2-6-10-13;1-3-7-11(8-4-1)13-12-9-5-2-6-10-12/h1-10H,11-12H2;1-9H;1-10H,11H2;1-10H. The normalized spacial score (nSPS) is 9.95. The number of hydrogen-bond donors (Lipinski definition) is 0. The minimum Gasteiger partial charge on any atom is -0.289 e. The van der Waals surface area contributed by atoms with Crippen molar-refractivity contribution in [1.29, 1.82) is 0 Å². The highest BCUT2D eigenvalue weighted by molar-refractivity contribution is 7.99. The number of aryl methyl sites for hydroxylation is 2. The van der Waals surface area contributed by atoms with Crippen molar-refractivity contribution in [3.05, 3.63) is 269 Å². The number of benzene rings is 8. The molecular formula is C52H45ClOS2. The summed E-state index contributed by atoms with van der Waals surface area (Å²) in [5, 5.41) is 0.492. The van der Waals surface area contributed by atoms with Crippen LogP contribution in [0.2, 0.25) is 5.02 Å². The maximum atomic E-state index is 12.0. The Hall–Kier alpha value is -5.58. The Kier molecular flexibility index (Phi) is 18.4. The Morgan fingerprint density at radius 3 is 1.14 bits per heavy atom. The van der Waals surface area contributed by atoms with E-state index in [1.165, 1.54) is 31.4 Å². The van der Waals surface area contributed by atoms with E-state index in [0.29, 0.717) is 16.1 Å². The average Bonchev–Trinajstić information content (AvgIpc) is 3.28. The molecular weight excluding hydrogens is 740 g/mol. The third kappa shape index (κ3) is 15.6. The molecule has 278 valence electrons. The van der Waals surface area contributed by atoms with Crippen LogP contribution < -0.4 is 0 Å². The van der Waals surface area contributed by atoms with Crippen molar-refractivity contribution in [2.24, 2.45) is 0 Å². The number of carbonyl (C=O) groups excluding carboxylic acids is 1. The van der Waals surface area contributed by atoms with Crippen molar-refractivity contribution in [3.63, 3.8) is 0 Å². The molecule has 4 heteroatoms. The van der Waals surface area contributed by atoms with Gasteiger partial charge in [-0.15, -0.1) is 11.8 Å². The summed E-state index contributed by atoms with van der Waals surface area (Å²) in [5.74, 6) is 1.01. The Morgan fingerprint density at radius 1 is 0.375 bits per heavy atom. The SMILES string of the molecule is O=C(c1ccccc1)c1ccccc1Cl.c1ccc(CCc2ccccc2)cc1.c1ccc(CSc2ccccc2)cc1.c1ccc(Sc2ccccc2)cc1. The van der Waals surface area contributed by atoms with Gasteiger partial charge in [0, 0.05) is 31.6 Å². The maximum absolute atomic E-state index is 12.0. The summed E-state index contributed by atoms with van der Waals surface area (Å²) in [4.78, 5) is 15.9. The van der Waals surface area contributed by atoms with Gasteiger partial charge in [0.1, 0.15) is 0 Å². The van der Waals surface area contributed by atoms with Crippen molar-refractivity contribution in [2.45, 2.75) is 33.3 Å². The highest BCUT2D eigenvalue weighted by Gasteiger charge is 2.11. The van der Waals surface area contributed by atoms with Gasteiger partial charge in [-0.05, 0) is 78.1 Å². The minimum absolute atomic E-state index is 0.0406. The molecule has 0 fully saturated rings. The molecule has 0 unspecified atom stereocenters. The Bertz CT molecular complexity index is 2020.